The lowest BCUT2D eigenvalue weighted by molar-refractivity contribution is -0.149. The highest BCUT2D eigenvalue weighted by atomic mass is 19.4. The Morgan fingerprint density at radius 2 is 2.19 bits per heavy atom. The van der Waals surface area contributed by atoms with Crippen LogP contribution in [0.5, 0.6) is 0 Å². The molecule has 0 saturated carbocycles. The second-order valence-electron chi connectivity index (χ2n) is 4.06. The van der Waals surface area contributed by atoms with E-state index < -0.39 is 19.0 Å². The van der Waals surface area contributed by atoms with Gasteiger partial charge in [0.15, 0.2) is 0 Å². The number of carbonyl (C=O) groups excluding carboxylic acids is 1. The minimum Gasteiger partial charge on any atom is -0.338 e. The fourth-order valence-corrected chi connectivity index (χ4v) is 2.00. The van der Waals surface area contributed by atoms with E-state index >= 15 is 0 Å². The molecule has 0 bridgehead atoms. The molecule has 1 heterocycles. The molecule has 0 aromatic rings. The van der Waals surface area contributed by atoms with E-state index in [4.69, 9.17) is 0 Å². The summed E-state index contributed by atoms with van der Waals surface area (Å²) in [5.74, 6) is -0.380. The molecule has 0 aromatic heterocycles. The first-order chi connectivity index (χ1) is 7.44. The number of nitrogens with one attached hydrogen (secondary N) is 1. The van der Waals surface area contributed by atoms with Gasteiger partial charge < -0.3 is 10.2 Å². The molecule has 1 rings (SSSR count). The van der Waals surface area contributed by atoms with Crippen LogP contribution in [0.25, 0.3) is 0 Å². The molecular formula is C10H17F3N2O. The first-order valence-corrected chi connectivity index (χ1v) is 5.45. The second kappa shape index (κ2) is 5.52. The zero-order valence-electron chi connectivity index (χ0n) is 9.31. The third-order valence-corrected chi connectivity index (χ3v) is 2.76. The van der Waals surface area contributed by atoms with Gasteiger partial charge in [-0.3, -0.25) is 4.79 Å². The SMILES string of the molecule is CNCC1CCCN1C(=O)CCC(F)(F)F. The molecule has 1 atom stereocenters. The summed E-state index contributed by atoms with van der Waals surface area (Å²) in [6.07, 6.45) is -3.94. The van der Waals surface area contributed by atoms with E-state index in [1.54, 1.807) is 11.9 Å². The minimum absolute atomic E-state index is 0.0609. The van der Waals surface area contributed by atoms with E-state index in [1.807, 2.05) is 0 Å². The van der Waals surface area contributed by atoms with Gasteiger partial charge in [-0.2, -0.15) is 13.2 Å². The zero-order chi connectivity index (χ0) is 12.2. The molecule has 1 unspecified atom stereocenters. The largest absolute Gasteiger partial charge is 0.389 e. The molecule has 1 N–H and O–H groups in total. The van der Waals surface area contributed by atoms with Gasteiger partial charge in [-0.25, -0.2) is 0 Å². The highest BCUT2D eigenvalue weighted by molar-refractivity contribution is 5.76. The summed E-state index contributed by atoms with van der Waals surface area (Å²) >= 11 is 0. The molecule has 1 aliphatic rings. The van der Waals surface area contributed by atoms with Crippen molar-refractivity contribution in [2.24, 2.45) is 0 Å². The number of likely N-dealkylation sites (N-methyl/N-ethyl adjacent to an activating group) is 1. The maximum atomic E-state index is 12.0. The quantitative estimate of drug-likeness (QED) is 0.805. The van der Waals surface area contributed by atoms with Gasteiger partial charge >= 0.3 is 6.18 Å². The van der Waals surface area contributed by atoms with E-state index in [1.165, 1.54) is 0 Å². The van der Waals surface area contributed by atoms with Crippen molar-refractivity contribution in [1.82, 2.24) is 10.2 Å². The number of hydrogen-bond acceptors (Lipinski definition) is 2. The van der Waals surface area contributed by atoms with Crippen molar-refractivity contribution in [1.29, 1.82) is 0 Å². The molecule has 1 fully saturated rings. The van der Waals surface area contributed by atoms with Crippen molar-refractivity contribution in [3.63, 3.8) is 0 Å². The van der Waals surface area contributed by atoms with Gasteiger partial charge in [0.05, 0.1) is 6.42 Å². The van der Waals surface area contributed by atoms with Gasteiger partial charge in [0.25, 0.3) is 0 Å². The Balaban J connectivity index is 2.40. The normalized spacial score (nSPS) is 21.5. The Kier molecular flexibility index (Phi) is 4.58. The third-order valence-electron chi connectivity index (χ3n) is 2.76. The lowest BCUT2D eigenvalue weighted by Gasteiger charge is -2.24. The maximum Gasteiger partial charge on any atom is 0.389 e. The molecule has 94 valence electrons. The van der Waals surface area contributed by atoms with Crippen LogP contribution >= 0.6 is 0 Å². The van der Waals surface area contributed by atoms with Crippen molar-refractivity contribution in [2.45, 2.75) is 37.9 Å². The Morgan fingerprint density at radius 1 is 1.50 bits per heavy atom. The average molecular weight is 238 g/mol. The molecular weight excluding hydrogens is 221 g/mol. The van der Waals surface area contributed by atoms with Gasteiger partial charge in [-0.1, -0.05) is 0 Å². The van der Waals surface area contributed by atoms with Crippen LogP contribution in [0.4, 0.5) is 13.2 Å². The first kappa shape index (κ1) is 13.3. The van der Waals surface area contributed by atoms with Crippen LogP contribution in [0, 0.1) is 0 Å². The van der Waals surface area contributed by atoms with E-state index in [2.05, 4.69) is 5.32 Å². The fraction of sp³-hybridized carbons (Fsp3) is 0.900. The van der Waals surface area contributed by atoms with Crippen molar-refractivity contribution in [3.8, 4) is 0 Å². The zero-order valence-corrected chi connectivity index (χ0v) is 9.31. The summed E-state index contributed by atoms with van der Waals surface area (Å²) in [5, 5.41) is 2.95. The van der Waals surface area contributed by atoms with Gasteiger partial charge in [-0.05, 0) is 19.9 Å². The number of hydrogen-bond donors (Lipinski definition) is 1. The monoisotopic (exact) mass is 238 g/mol. The topological polar surface area (TPSA) is 32.3 Å². The predicted octanol–water partition coefficient (Wildman–Crippen LogP) is 1.54. The summed E-state index contributed by atoms with van der Waals surface area (Å²) in [4.78, 5) is 13.1. The van der Waals surface area contributed by atoms with Gasteiger partial charge in [0, 0.05) is 25.6 Å². The number of likely N-dealkylation sites (tertiary alicyclic amines) is 1. The molecule has 1 aliphatic heterocycles. The molecule has 0 aromatic carbocycles. The highest BCUT2D eigenvalue weighted by Gasteiger charge is 2.32. The summed E-state index contributed by atoms with van der Waals surface area (Å²) in [6.45, 7) is 1.24. The second-order valence-corrected chi connectivity index (χ2v) is 4.06. The number of carbonyl (C=O) groups is 1. The van der Waals surface area contributed by atoms with Gasteiger partial charge in [0.1, 0.15) is 0 Å². The number of alkyl halides is 3. The van der Waals surface area contributed by atoms with Crippen LogP contribution in [-0.4, -0.2) is 43.2 Å². The van der Waals surface area contributed by atoms with E-state index in [0.717, 1.165) is 12.8 Å². The smallest absolute Gasteiger partial charge is 0.338 e. The van der Waals surface area contributed by atoms with Crippen molar-refractivity contribution in [2.75, 3.05) is 20.1 Å². The van der Waals surface area contributed by atoms with E-state index in [0.29, 0.717) is 13.1 Å². The van der Waals surface area contributed by atoms with Crippen molar-refractivity contribution in [3.05, 3.63) is 0 Å². The average Bonchev–Trinajstić information content (AvgIpc) is 2.62. The lowest BCUT2D eigenvalue weighted by Crippen LogP contribution is -2.41. The Labute approximate surface area is 93.0 Å². The Bertz CT molecular complexity index is 243. The minimum atomic E-state index is -4.24. The number of rotatable bonds is 4. The summed E-state index contributed by atoms with van der Waals surface area (Å²) in [5.41, 5.74) is 0. The fourth-order valence-electron chi connectivity index (χ4n) is 2.00. The standard InChI is InChI=1S/C10H17F3N2O/c1-14-7-8-3-2-6-15(8)9(16)4-5-10(11,12)13/h8,14H,2-7H2,1H3. The van der Waals surface area contributed by atoms with E-state index in [-0.39, 0.29) is 11.9 Å². The number of amides is 1. The number of nitrogens with zero attached hydrogens (tertiary/aromatic N) is 1. The van der Waals surface area contributed by atoms with Gasteiger partial charge in [-0.15, -0.1) is 0 Å². The van der Waals surface area contributed by atoms with Crippen LogP contribution in [0.2, 0.25) is 0 Å². The van der Waals surface area contributed by atoms with Crippen molar-refractivity contribution >= 4 is 5.91 Å². The lowest BCUT2D eigenvalue weighted by atomic mass is 10.2. The number of halogens is 3. The molecule has 6 heteroatoms. The van der Waals surface area contributed by atoms with Crippen LogP contribution in [0.3, 0.4) is 0 Å². The molecule has 1 amide bonds. The van der Waals surface area contributed by atoms with Crippen LogP contribution in [0.1, 0.15) is 25.7 Å². The predicted molar refractivity (Wildman–Crippen MR) is 54.0 cm³/mol. The highest BCUT2D eigenvalue weighted by Crippen LogP contribution is 2.24. The first-order valence-electron chi connectivity index (χ1n) is 5.45. The molecule has 1 saturated heterocycles. The van der Waals surface area contributed by atoms with Crippen LogP contribution < -0.4 is 5.32 Å². The van der Waals surface area contributed by atoms with Gasteiger partial charge in [0.2, 0.25) is 5.91 Å². The summed E-state index contributed by atoms with van der Waals surface area (Å²) < 4.78 is 35.9. The molecule has 16 heavy (non-hydrogen) atoms. The Morgan fingerprint density at radius 3 is 2.75 bits per heavy atom. The van der Waals surface area contributed by atoms with Crippen LogP contribution in [-0.2, 0) is 4.79 Å². The molecule has 0 radical (unpaired) electrons. The summed E-state index contributed by atoms with van der Waals surface area (Å²) in [6, 6.07) is 0.0609. The third kappa shape index (κ3) is 4.00. The molecule has 0 spiro atoms. The van der Waals surface area contributed by atoms with Crippen LogP contribution in [0.15, 0.2) is 0 Å². The Hall–Kier alpha value is -0.780. The summed E-state index contributed by atoms with van der Waals surface area (Å²) in [7, 11) is 1.77. The van der Waals surface area contributed by atoms with Crippen molar-refractivity contribution < 1.29 is 18.0 Å². The van der Waals surface area contributed by atoms with E-state index in [9.17, 15) is 18.0 Å². The molecule has 0 aliphatic carbocycles. The maximum absolute atomic E-state index is 12.0. The molecule has 3 nitrogen and oxygen atoms in total.